The fourth-order valence-corrected chi connectivity index (χ4v) is 5.03. The predicted octanol–water partition coefficient (Wildman–Crippen LogP) is 1.90. The van der Waals surface area contributed by atoms with Crippen molar-refractivity contribution in [3.8, 4) is 0 Å². The number of nitro benzene ring substituents is 1. The Morgan fingerprint density at radius 3 is 2.70 bits per heavy atom. The Bertz CT molecular complexity index is 713. The molecule has 2 heterocycles. The third-order valence-electron chi connectivity index (χ3n) is 4.40. The van der Waals surface area contributed by atoms with Gasteiger partial charge in [0.05, 0.1) is 4.92 Å². The van der Waals surface area contributed by atoms with E-state index in [1.807, 2.05) is 0 Å². The van der Waals surface area contributed by atoms with Gasteiger partial charge in [-0.25, -0.2) is 8.42 Å². The van der Waals surface area contributed by atoms with Crippen molar-refractivity contribution in [1.29, 1.82) is 0 Å². The van der Waals surface area contributed by atoms with E-state index in [4.69, 9.17) is 11.6 Å². The normalized spacial score (nSPS) is 24.7. The number of rotatable bonds is 3. The quantitative estimate of drug-likeness (QED) is 0.637. The Morgan fingerprint density at radius 1 is 1.30 bits per heavy atom. The summed E-state index contributed by atoms with van der Waals surface area (Å²) in [5.41, 5.74) is -0.473. The van der Waals surface area contributed by atoms with Gasteiger partial charge < -0.3 is 5.32 Å². The number of benzene rings is 1. The highest BCUT2D eigenvalue weighted by molar-refractivity contribution is 7.89. The van der Waals surface area contributed by atoms with Crippen molar-refractivity contribution >= 4 is 39.7 Å². The average Bonchev–Trinajstić information content (AvgIpc) is 2.94. The number of sulfonamides is 1. The highest BCUT2D eigenvalue weighted by Gasteiger charge is 2.39. The number of hydrogen-bond donors (Lipinski definition) is 1. The maximum Gasteiger partial charge on any atom is 0.290 e. The van der Waals surface area contributed by atoms with E-state index in [-0.39, 0.29) is 28.2 Å². The maximum atomic E-state index is 12.8. The molecular weight excluding hydrogens is 365 g/mol. The molecular formula is C13H17Cl2N3O4S. The predicted molar refractivity (Wildman–Crippen MR) is 88.6 cm³/mol. The van der Waals surface area contributed by atoms with Gasteiger partial charge >= 0.3 is 0 Å². The number of piperidine rings is 1. The topological polar surface area (TPSA) is 92.5 Å². The smallest absolute Gasteiger partial charge is 0.290 e. The van der Waals surface area contributed by atoms with Crippen molar-refractivity contribution in [3.05, 3.63) is 33.3 Å². The minimum absolute atomic E-state index is 0. The SMILES string of the molecule is Cl.O=[N+]([O-])c1cc(Cl)ccc1S(=O)(=O)N1CCC2CNCC2C1. The van der Waals surface area contributed by atoms with Gasteiger partial charge in [0.15, 0.2) is 4.90 Å². The maximum absolute atomic E-state index is 12.8. The third kappa shape index (κ3) is 3.46. The summed E-state index contributed by atoms with van der Waals surface area (Å²) >= 11 is 5.75. The zero-order valence-electron chi connectivity index (χ0n) is 12.1. The van der Waals surface area contributed by atoms with Crippen molar-refractivity contribution in [2.24, 2.45) is 11.8 Å². The lowest BCUT2D eigenvalue weighted by molar-refractivity contribution is -0.387. The van der Waals surface area contributed by atoms with Gasteiger partial charge in [-0.05, 0) is 43.5 Å². The minimum atomic E-state index is -3.89. The van der Waals surface area contributed by atoms with Crippen LogP contribution in [0, 0.1) is 22.0 Å². The van der Waals surface area contributed by atoms with Gasteiger partial charge in [0, 0.05) is 24.2 Å². The Labute approximate surface area is 145 Å². The summed E-state index contributed by atoms with van der Waals surface area (Å²) in [6.07, 6.45) is 0.776. The zero-order valence-corrected chi connectivity index (χ0v) is 14.5. The molecule has 0 amide bonds. The van der Waals surface area contributed by atoms with Crippen LogP contribution in [0.5, 0.6) is 0 Å². The Balaban J connectivity index is 0.00000192. The number of nitrogens with zero attached hydrogens (tertiary/aromatic N) is 2. The first-order valence-corrected chi connectivity index (χ1v) is 8.86. The van der Waals surface area contributed by atoms with E-state index in [1.54, 1.807) is 0 Å². The summed E-state index contributed by atoms with van der Waals surface area (Å²) in [6, 6.07) is 3.67. The molecule has 2 saturated heterocycles. The molecule has 0 saturated carbocycles. The first-order valence-electron chi connectivity index (χ1n) is 7.04. The van der Waals surface area contributed by atoms with Crippen molar-refractivity contribution in [1.82, 2.24) is 9.62 Å². The van der Waals surface area contributed by atoms with E-state index >= 15 is 0 Å². The molecule has 0 radical (unpaired) electrons. The molecule has 0 aliphatic carbocycles. The third-order valence-corrected chi connectivity index (χ3v) is 6.55. The molecule has 3 rings (SSSR count). The molecule has 2 fully saturated rings. The summed E-state index contributed by atoms with van der Waals surface area (Å²) in [6.45, 7) is 2.50. The van der Waals surface area contributed by atoms with Gasteiger partial charge in [0.1, 0.15) is 0 Å². The van der Waals surface area contributed by atoms with Crippen molar-refractivity contribution in [3.63, 3.8) is 0 Å². The van der Waals surface area contributed by atoms with Gasteiger partial charge in [-0.1, -0.05) is 11.6 Å². The minimum Gasteiger partial charge on any atom is -0.316 e. The second kappa shape index (κ2) is 6.90. The second-order valence-electron chi connectivity index (χ2n) is 5.70. The lowest BCUT2D eigenvalue weighted by Crippen LogP contribution is -2.43. The van der Waals surface area contributed by atoms with Gasteiger partial charge in [0.25, 0.3) is 5.69 Å². The number of nitrogens with one attached hydrogen (secondary N) is 1. The molecule has 0 bridgehead atoms. The molecule has 128 valence electrons. The van der Waals surface area contributed by atoms with E-state index in [1.165, 1.54) is 16.4 Å². The highest BCUT2D eigenvalue weighted by atomic mass is 35.5. The Hall–Kier alpha value is -0.930. The van der Waals surface area contributed by atoms with Crippen LogP contribution < -0.4 is 5.32 Å². The second-order valence-corrected chi connectivity index (χ2v) is 8.04. The lowest BCUT2D eigenvalue weighted by Gasteiger charge is -2.33. The zero-order chi connectivity index (χ0) is 15.9. The fraction of sp³-hybridized carbons (Fsp3) is 0.538. The van der Waals surface area contributed by atoms with Crippen LogP contribution in [-0.4, -0.2) is 43.8 Å². The van der Waals surface area contributed by atoms with Gasteiger partial charge in [0.2, 0.25) is 10.0 Å². The van der Waals surface area contributed by atoms with Crippen LogP contribution in [0.3, 0.4) is 0 Å². The van der Waals surface area contributed by atoms with Gasteiger partial charge in [-0.15, -0.1) is 12.4 Å². The van der Waals surface area contributed by atoms with Crippen LogP contribution in [0.25, 0.3) is 0 Å². The van der Waals surface area contributed by atoms with E-state index in [0.717, 1.165) is 25.6 Å². The summed E-state index contributed by atoms with van der Waals surface area (Å²) in [4.78, 5) is 10.1. The summed E-state index contributed by atoms with van der Waals surface area (Å²) in [5.74, 6) is 0.765. The van der Waals surface area contributed by atoms with Crippen molar-refractivity contribution < 1.29 is 13.3 Å². The molecule has 7 nitrogen and oxygen atoms in total. The first kappa shape index (κ1) is 18.4. The molecule has 10 heteroatoms. The van der Waals surface area contributed by atoms with E-state index in [0.29, 0.717) is 19.0 Å². The van der Waals surface area contributed by atoms with Crippen LogP contribution in [0.4, 0.5) is 5.69 Å². The van der Waals surface area contributed by atoms with Gasteiger partial charge in [-0.3, -0.25) is 10.1 Å². The highest BCUT2D eigenvalue weighted by Crippen LogP contribution is 2.34. The van der Waals surface area contributed by atoms with Gasteiger partial charge in [-0.2, -0.15) is 4.31 Å². The van der Waals surface area contributed by atoms with E-state index < -0.39 is 20.6 Å². The number of hydrogen-bond acceptors (Lipinski definition) is 5. The molecule has 2 aliphatic heterocycles. The van der Waals surface area contributed by atoms with Crippen molar-refractivity contribution in [2.45, 2.75) is 11.3 Å². The Kier molecular flexibility index (Phi) is 5.52. The molecule has 2 atom stereocenters. The van der Waals surface area contributed by atoms with Crippen LogP contribution >= 0.6 is 24.0 Å². The standard InChI is InChI=1S/C13H16ClN3O4S.ClH/c14-11-1-2-13(12(5-11)17(18)19)22(20,21)16-4-3-9-6-15-7-10(9)8-16;/h1-2,5,9-10,15H,3-4,6-8H2;1H. The van der Waals surface area contributed by atoms with Crippen LogP contribution in [-0.2, 0) is 10.0 Å². The molecule has 23 heavy (non-hydrogen) atoms. The van der Waals surface area contributed by atoms with Crippen LogP contribution in [0.1, 0.15) is 6.42 Å². The fourth-order valence-electron chi connectivity index (χ4n) is 3.21. The van der Waals surface area contributed by atoms with Crippen LogP contribution in [0.15, 0.2) is 23.1 Å². The lowest BCUT2D eigenvalue weighted by atomic mass is 9.90. The largest absolute Gasteiger partial charge is 0.316 e. The molecule has 0 aromatic heterocycles. The number of fused-ring (bicyclic) bond motifs is 1. The number of halogens is 2. The van der Waals surface area contributed by atoms with E-state index in [2.05, 4.69) is 5.32 Å². The molecule has 1 aromatic rings. The summed E-state index contributed by atoms with van der Waals surface area (Å²) in [7, 11) is -3.89. The first-order chi connectivity index (χ1) is 10.4. The monoisotopic (exact) mass is 381 g/mol. The molecule has 0 spiro atoms. The van der Waals surface area contributed by atoms with Crippen molar-refractivity contribution in [2.75, 3.05) is 26.2 Å². The molecule has 2 aliphatic rings. The summed E-state index contributed by atoms with van der Waals surface area (Å²) < 4.78 is 26.9. The number of nitro groups is 1. The molecule has 1 aromatic carbocycles. The Morgan fingerprint density at radius 2 is 2.00 bits per heavy atom. The van der Waals surface area contributed by atoms with Crippen LogP contribution in [0.2, 0.25) is 5.02 Å². The average molecular weight is 382 g/mol. The van der Waals surface area contributed by atoms with E-state index in [9.17, 15) is 18.5 Å². The summed E-state index contributed by atoms with van der Waals surface area (Å²) in [5, 5.41) is 14.5. The molecule has 1 N–H and O–H groups in total. The molecule has 2 unspecified atom stereocenters.